The highest BCUT2D eigenvalue weighted by Gasteiger charge is 2.45. The number of fused-ring (bicyclic) bond motifs is 3. The summed E-state index contributed by atoms with van der Waals surface area (Å²) in [4.78, 5) is 23.9. The number of carboxylic acids is 1. The SMILES string of the molecule is O=C(NC(C(=O)O)[C@@H]1CS(=O)(=O)C[C@H]1O)OCC1c2ccccc2-c2ccccc21. The zero-order valence-corrected chi connectivity index (χ0v) is 16.7. The molecule has 0 radical (unpaired) electrons. The second-order valence-corrected chi connectivity index (χ2v) is 9.75. The molecule has 30 heavy (non-hydrogen) atoms. The van der Waals surface area contributed by atoms with Crippen molar-refractivity contribution in [2.24, 2.45) is 5.92 Å². The molecule has 2 aromatic carbocycles. The Morgan fingerprint density at radius 1 is 1.03 bits per heavy atom. The number of rotatable bonds is 5. The molecule has 0 spiro atoms. The molecule has 3 N–H and O–H groups in total. The van der Waals surface area contributed by atoms with Gasteiger partial charge in [-0.05, 0) is 22.3 Å². The molecule has 0 bridgehead atoms. The van der Waals surface area contributed by atoms with Crippen LogP contribution in [0.2, 0.25) is 0 Å². The topological polar surface area (TPSA) is 130 Å². The Labute approximate surface area is 173 Å². The minimum atomic E-state index is -3.56. The van der Waals surface area contributed by atoms with E-state index < -0.39 is 51.5 Å². The van der Waals surface area contributed by atoms with Crippen LogP contribution in [0, 0.1) is 5.92 Å². The maximum atomic E-state index is 12.3. The van der Waals surface area contributed by atoms with Gasteiger partial charge in [0.1, 0.15) is 12.6 Å². The lowest BCUT2D eigenvalue weighted by Gasteiger charge is -2.22. The van der Waals surface area contributed by atoms with Crippen LogP contribution in [-0.4, -0.2) is 61.0 Å². The van der Waals surface area contributed by atoms with Crippen molar-refractivity contribution in [3.8, 4) is 11.1 Å². The largest absolute Gasteiger partial charge is 0.480 e. The van der Waals surface area contributed by atoms with Crippen LogP contribution >= 0.6 is 0 Å². The standard InChI is InChI=1S/C21H21NO7S/c23-18-11-30(27,28)10-17(18)19(20(24)25)22-21(26)29-9-16-14-7-3-1-5-12(14)13-6-2-4-8-15(13)16/h1-8,16-19,23H,9-11H2,(H,22,26)(H,24,25)/t17-,18-,19?/m1/s1. The molecule has 1 unspecified atom stereocenters. The fraction of sp³-hybridized carbons (Fsp3) is 0.333. The number of carbonyl (C=O) groups excluding carboxylic acids is 1. The number of amides is 1. The molecule has 8 nitrogen and oxygen atoms in total. The van der Waals surface area contributed by atoms with E-state index in [9.17, 15) is 28.2 Å². The average Bonchev–Trinajstić information content (AvgIpc) is 3.17. The van der Waals surface area contributed by atoms with Gasteiger partial charge < -0.3 is 20.3 Å². The second-order valence-electron chi connectivity index (χ2n) is 7.59. The third-order valence-corrected chi connectivity index (χ3v) is 7.42. The molecule has 1 fully saturated rings. The van der Waals surface area contributed by atoms with Gasteiger partial charge in [-0.15, -0.1) is 0 Å². The van der Waals surface area contributed by atoms with E-state index in [1.807, 2.05) is 48.5 Å². The van der Waals surface area contributed by atoms with Crippen molar-refractivity contribution in [2.75, 3.05) is 18.1 Å². The number of ether oxygens (including phenoxy) is 1. The van der Waals surface area contributed by atoms with E-state index in [0.717, 1.165) is 22.3 Å². The molecule has 9 heteroatoms. The first kappa shape index (κ1) is 20.4. The normalized spacial score (nSPS) is 22.7. The molecule has 1 aliphatic heterocycles. The maximum Gasteiger partial charge on any atom is 0.407 e. The van der Waals surface area contributed by atoms with Gasteiger partial charge in [0.15, 0.2) is 9.84 Å². The van der Waals surface area contributed by atoms with E-state index in [4.69, 9.17) is 4.74 Å². The number of hydrogen-bond acceptors (Lipinski definition) is 6. The fourth-order valence-electron chi connectivity index (χ4n) is 4.29. The van der Waals surface area contributed by atoms with Gasteiger partial charge in [0.25, 0.3) is 0 Å². The molecule has 2 aliphatic rings. The van der Waals surface area contributed by atoms with Gasteiger partial charge in [0.05, 0.1) is 17.6 Å². The van der Waals surface area contributed by atoms with Crippen LogP contribution in [0.5, 0.6) is 0 Å². The van der Waals surface area contributed by atoms with Crippen molar-refractivity contribution in [2.45, 2.75) is 18.1 Å². The predicted octanol–water partition coefficient (Wildman–Crippen LogP) is 1.38. The van der Waals surface area contributed by atoms with E-state index in [-0.39, 0.29) is 12.5 Å². The second kappa shape index (κ2) is 7.73. The first-order chi connectivity index (χ1) is 14.3. The van der Waals surface area contributed by atoms with E-state index >= 15 is 0 Å². The lowest BCUT2D eigenvalue weighted by molar-refractivity contribution is -0.141. The Bertz CT molecular complexity index is 1050. The van der Waals surface area contributed by atoms with Crippen LogP contribution in [0.3, 0.4) is 0 Å². The summed E-state index contributed by atoms with van der Waals surface area (Å²) >= 11 is 0. The van der Waals surface area contributed by atoms with Gasteiger partial charge >= 0.3 is 12.1 Å². The lowest BCUT2D eigenvalue weighted by atomic mass is 9.97. The number of nitrogens with one attached hydrogen (secondary N) is 1. The predicted molar refractivity (Wildman–Crippen MR) is 108 cm³/mol. The number of carboxylic acid groups (broad SMARTS) is 1. The van der Waals surface area contributed by atoms with Crippen LogP contribution in [0.1, 0.15) is 17.0 Å². The Kier molecular flexibility index (Phi) is 5.25. The van der Waals surface area contributed by atoms with Gasteiger partial charge in [-0.3, -0.25) is 0 Å². The fourth-order valence-corrected chi connectivity index (χ4v) is 6.20. The van der Waals surface area contributed by atoms with Gasteiger partial charge in [-0.1, -0.05) is 48.5 Å². The van der Waals surface area contributed by atoms with E-state index in [1.54, 1.807) is 0 Å². The monoisotopic (exact) mass is 431 g/mol. The van der Waals surface area contributed by atoms with Crippen molar-refractivity contribution in [3.63, 3.8) is 0 Å². The smallest absolute Gasteiger partial charge is 0.407 e. The third-order valence-electron chi connectivity index (χ3n) is 5.68. The number of hydrogen-bond donors (Lipinski definition) is 3. The van der Waals surface area contributed by atoms with E-state index in [1.165, 1.54) is 0 Å². The van der Waals surface area contributed by atoms with Gasteiger partial charge in [0.2, 0.25) is 0 Å². The highest BCUT2D eigenvalue weighted by Crippen LogP contribution is 2.44. The first-order valence-electron chi connectivity index (χ1n) is 9.49. The highest BCUT2D eigenvalue weighted by atomic mass is 32.2. The molecule has 1 heterocycles. The zero-order chi connectivity index (χ0) is 21.5. The number of alkyl carbamates (subject to hydrolysis) is 1. The van der Waals surface area contributed by atoms with Crippen LogP contribution < -0.4 is 5.32 Å². The van der Waals surface area contributed by atoms with Crippen molar-refractivity contribution < 1.29 is 33.0 Å². The Hall–Kier alpha value is -2.91. The van der Waals surface area contributed by atoms with Gasteiger partial charge in [-0.25, -0.2) is 18.0 Å². The quantitative estimate of drug-likeness (QED) is 0.652. The highest BCUT2D eigenvalue weighted by molar-refractivity contribution is 7.91. The van der Waals surface area contributed by atoms with Gasteiger partial charge in [-0.2, -0.15) is 0 Å². The Balaban J connectivity index is 1.46. The van der Waals surface area contributed by atoms with Crippen LogP contribution in [0.15, 0.2) is 48.5 Å². The van der Waals surface area contributed by atoms with Crippen molar-refractivity contribution >= 4 is 21.9 Å². The van der Waals surface area contributed by atoms with Crippen LogP contribution in [0.25, 0.3) is 11.1 Å². The van der Waals surface area contributed by atoms with E-state index in [0.29, 0.717) is 0 Å². The number of sulfone groups is 1. The maximum absolute atomic E-state index is 12.3. The summed E-state index contributed by atoms with van der Waals surface area (Å²) in [5, 5.41) is 21.6. The summed E-state index contributed by atoms with van der Waals surface area (Å²) in [5.41, 5.74) is 4.15. The number of aliphatic hydroxyl groups excluding tert-OH is 1. The average molecular weight is 431 g/mol. The number of aliphatic hydroxyl groups is 1. The number of aliphatic carboxylic acids is 1. The van der Waals surface area contributed by atoms with E-state index in [2.05, 4.69) is 5.32 Å². The molecular formula is C21H21NO7S. The molecule has 1 saturated heterocycles. The summed E-state index contributed by atoms with van der Waals surface area (Å²) < 4.78 is 28.7. The Morgan fingerprint density at radius 2 is 1.60 bits per heavy atom. The Morgan fingerprint density at radius 3 is 2.10 bits per heavy atom. The molecule has 0 aromatic heterocycles. The minimum absolute atomic E-state index is 0.00226. The number of benzene rings is 2. The van der Waals surface area contributed by atoms with Crippen molar-refractivity contribution in [1.29, 1.82) is 0 Å². The molecule has 2 aromatic rings. The van der Waals surface area contributed by atoms with Crippen molar-refractivity contribution in [3.05, 3.63) is 59.7 Å². The molecular weight excluding hydrogens is 410 g/mol. The molecule has 1 amide bonds. The summed E-state index contributed by atoms with van der Waals surface area (Å²) in [7, 11) is -3.56. The van der Waals surface area contributed by atoms with Crippen molar-refractivity contribution in [1.82, 2.24) is 5.32 Å². The molecule has 4 rings (SSSR count). The third kappa shape index (κ3) is 3.78. The summed E-state index contributed by atoms with van der Waals surface area (Å²) in [6.07, 6.45) is -2.33. The number of carbonyl (C=O) groups is 2. The molecule has 1 aliphatic carbocycles. The summed E-state index contributed by atoms with van der Waals surface area (Å²) in [5.74, 6) is -3.77. The van der Waals surface area contributed by atoms with Gasteiger partial charge in [0, 0.05) is 11.8 Å². The first-order valence-corrected chi connectivity index (χ1v) is 11.3. The molecule has 0 saturated carbocycles. The lowest BCUT2D eigenvalue weighted by Crippen LogP contribution is -2.49. The van der Waals surface area contributed by atoms with Crippen LogP contribution in [-0.2, 0) is 19.4 Å². The molecule has 158 valence electrons. The summed E-state index contributed by atoms with van der Waals surface area (Å²) in [6, 6.07) is 14.0. The van der Waals surface area contributed by atoms with Crippen LogP contribution in [0.4, 0.5) is 4.79 Å². The summed E-state index contributed by atoms with van der Waals surface area (Å²) in [6.45, 7) is -0.00226. The zero-order valence-electron chi connectivity index (χ0n) is 15.9. The molecule has 3 atom stereocenters. The minimum Gasteiger partial charge on any atom is -0.480 e.